The second-order valence-corrected chi connectivity index (χ2v) is 3.53. The standard InChI is InChI=1S/C12H11Cl/c1-9-6-10-4-2-3-5-11(10)7-12(9)8-13/h2-7H,8H2,1H3. The summed E-state index contributed by atoms with van der Waals surface area (Å²) in [4.78, 5) is 0. The Morgan fingerprint density at radius 3 is 2.31 bits per heavy atom. The van der Waals surface area contributed by atoms with Crippen LogP contribution in [0.3, 0.4) is 0 Å². The molecule has 0 N–H and O–H groups in total. The molecule has 0 atom stereocenters. The average Bonchev–Trinajstić information content (AvgIpc) is 2.17. The number of fused-ring (bicyclic) bond motifs is 1. The molecule has 0 saturated carbocycles. The molecule has 0 fully saturated rings. The van der Waals surface area contributed by atoms with Gasteiger partial charge < -0.3 is 0 Å². The minimum Gasteiger partial charge on any atom is -0.122 e. The third kappa shape index (κ3) is 1.54. The molecule has 66 valence electrons. The van der Waals surface area contributed by atoms with Gasteiger partial charge >= 0.3 is 0 Å². The second-order valence-electron chi connectivity index (χ2n) is 3.26. The van der Waals surface area contributed by atoms with Crippen molar-refractivity contribution < 1.29 is 0 Å². The highest BCUT2D eigenvalue weighted by Crippen LogP contribution is 2.20. The SMILES string of the molecule is Cc1cc2ccccc2cc1CCl. The maximum absolute atomic E-state index is 5.83. The molecule has 0 saturated heterocycles. The van der Waals surface area contributed by atoms with Crippen molar-refractivity contribution in [2.45, 2.75) is 12.8 Å². The molecule has 13 heavy (non-hydrogen) atoms. The molecule has 0 amide bonds. The molecule has 0 nitrogen and oxygen atoms in total. The van der Waals surface area contributed by atoms with E-state index in [2.05, 4.69) is 43.3 Å². The number of aryl methyl sites for hydroxylation is 1. The van der Waals surface area contributed by atoms with E-state index in [1.807, 2.05) is 0 Å². The van der Waals surface area contributed by atoms with E-state index in [0.29, 0.717) is 5.88 Å². The first-order chi connectivity index (χ1) is 6.31. The van der Waals surface area contributed by atoms with Crippen LogP contribution in [0.2, 0.25) is 0 Å². The summed E-state index contributed by atoms with van der Waals surface area (Å²) < 4.78 is 0. The molecule has 0 unspecified atom stereocenters. The van der Waals surface area contributed by atoms with Gasteiger partial charge in [-0.2, -0.15) is 0 Å². The van der Waals surface area contributed by atoms with Crippen molar-refractivity contribution in [2.75, 3.05) is 0 Å². The predicted octanol–water partition coefficient (Wildman–Crippen LogP) is 3.89. The maximum Gasteiger partial charge on any atom is 0.0476 e. The number of hydrogen-bond donors (Lipinski definition) is 0. The van der Waals surface area contributed by atoms with Crippen LogP contribution >= 0.6 is 11.6 Å². The van der Waals surface area contributed by atoms with Gasteiger partial charge in [-0.3, -0.25) is 0 Å². The van der Waals surface area contributed by atoms with E-state index in [1.54, 1.807) is 0 Å². The summed E-state index contributed by atoms with van der Waals surface area (Å²) in [6, 6.07) is 12.7. The van der Waals surface area contributed by atoms with Crippen LogP contribution in [-0.4, -0.2) is 0 Å². The Bertz CT molecular complexity index is 432. The zero-order valence-electron chi connectivity index (χ0n) is 7.55. The minimum absolute atomic E-state index is 0.594. The third-order valence-corrected chi connectivity index (χ3v) is 2.64. The van der Waals surface area contributed by atoms with Gasteiger partial charge in [-0.15, -0.1) is 11.6 Å². The van der Waals surface area contributed by atoms with Gasteiger partial charge in [0.1, 0.15) is 0 Å². The average molecular weight is 191 g/mol. The van der Waals surface area contributed by atoms with Crippen LogP contribution in [0.4, 0.5) is 0 Å². The lowest BCUT2D eigenvalue weighted by Gasteiger charge is -2.04. The smallest absolute Gasteiger partial charge is 0.0476 e. The van der Waals surface area contributed by atoms with Gasteiger partial charge in [-0.25, -0.2) is 0 Å². The van der Waals surface area contributed by atoms with Gasteiger partial charge in [0.15, 0.2) is 0 Å². The van der Waals surface area contributed by atoms with Crippen LogP contribution in [0.25, 0.3) is 10.8 Å². The molecular formula is C12H11Cl. The highest BCUT2D eigenvalue weighted by Gasteiger charge is 1.98. The molecule has 0 spiro atoms. The fraction of sp³-hybridized carbons (Fsp3) is 0.167. The Morgan fingerprint density at radius 1 is 1.08 bits per heavy atom. The van der Waals surface area contributed by atoms with Gasteiger partial charge in [0.25, 0.3) is 0 Å². The molecule has 0 radical (unpaired) electrons. The Morgan fingerprint density at radius 2 is 1.69 bits per heavy atom. The zero-order valence-corrected chi connectivity index (χ0v) is 8.31. The molecule has 2 aromatic carbocycles. The summed E-state index contributed by atoms with van der Waals surface area (Å²) in [6.07, 6.45) is 0. The van der Waals surface area contributed by atoms with Crippen molar-refractivity contribution in [2.24, 2.45) is 0 Å². The van der Waals surface area contributed by atoms with Gasteiger partial charge in [0.2, 0.25) is 0 Å². The zero-order chi connectivity index (χ0) is 9.26. The third-order valence-electron chi connectivity index (χ3n) is 2.35. The summed E-state index contributed by atoms with van der Waals surface area (Å²) in [5, 5.41) is 2.55. The molecule has 0 aliphatic carbocycles. The van der Waals surface area contributed by atoms with Crippen LogP contribution in [-0.2, 0) is 5.88 Å². The van der Waals surface area contributed by atoms with Crippen LogP contribution in [0.1, 0.15) is 11.1 Å². The quantitative estimate of drug-likeness (QED) is 0.599. The van der Waals surface area contributed by atoms with E-state index in [0.717, 1.165) is 0 Å². The van der Waals surface area contributed by atoms with Gasteiger partial charge in [0, 0.05) is 5.88 Å². The van der Waals surface area contributed by atoms with E-state index in [1.165, 1.54) is 21.9 Å². The monoisotopic (exact) mass is 190 g/mol. The largest absolute Gasteiger partial charge is 0.122 e. The predicted molar refractivity (Wildman–Crippen MR) is 58.2 cm³/mol. The summed E-state index contributed by atoms with van der Waals surface area (Å²) in [7, 11) is 0. The van der Waals surface area contributed by atoms with Crippen LogP contribution in [0.5, 0.6) is 0 Å². The van der Waals surface area contributed by atoms with Crippen molar-refractivity contribution in [3.8, 4) is 0 Å². The van der Waals surface area contributed by atoms with E-state index in [9.17, 15) is 0 Å². The summed E-state index contributed by atoms with van der Waals surface area (Å²) in [5.41, 5.74) is 2.49. The fourth-order valence-corrected chi connectivity index (χ4v) is 1.83. The molecule has 2 aromatic rings. The molecule has 1 heteroatoms. The van der Waals surface area contributed by atoms with E-state index >= 15 is 0 Å². The number of hydrogen-bond acceptors (Lipinski definition) is 0. The first kappa shape index (κ1) is 8.58. The first-order valence-electron chi connectivity index (χ1n) is 4.35. The summed E-state index contributed by atoms with van der Waals surface area (Å²) in [6.45, 7) is 2.10. The van der Waals surface area contributed by atoms with Crippen molar-refractivity contribution >= 4 is 22.4 Å². The number of halogens is 1. The van der Waals surface area contributed by atoms with Crippen molar-refractivity contribution in [3.63, 3.8) is 0 Å². The highest BCUT2D eigenvalue weighted by molar-refractivity contribution is 6.17. The van der Waals surface area contributed by atoms with E-state index in [-0.39, 0.29) is 0 Å². The Hall–Kier alpha value is -1.01. The topological polar surface area (TPSA) is 0 Å². The van der Waals surface area contributed by atoms with E-state index in [4.69, 9.17) is 11.6 Å². The lowest BCUT2D eigenvalue weighted by molar-refractivity contribution is 1.32. The van der Waals surface area contributed by atoms with Gasteiger partial charge in [-0.1, -0.05) is 30.3 Å². The lowest BCUT2D eigenvalue weighted by Crippen LogP contribution is -1.84. The number of rotatable bonds is 1. The van der Waals surface area contributed by atoms with Gasteiger partial charge in [0.05, 0.1) is 0 Å². The molecule has 0 aliphatic rings. The maximum atomic E-state index is 5.83. The number of alkyl halides is 1. The first-order valence-corrected chi connectivity index (χ1v) is 4.89. The second kappa shape index (κ2) is 3.39. The van der Waals surface area contributed by atoms with Crippen molar-refractivity contribution in [1.29, 1.82) is 0 Å². The van der Waals surface area contributed by atoms with Crippen LogP contribution in [0.15, 0.2) is 36.4 Å². The molecular weight excluding hydrogens is 180 g/mol. The molecule has 0 bridgehead atoms. The molecule has 0 aromatic heterocycles. The van der Waals surface area contributed by atoms with Crippen LogP contribution in [0, 0.1) is 6.92 Å². The lowest BCUT2D eigenvalue weighted by atomic mass is 10.0. The fourth-order valence-electron chi connectivity index (χ4n) is 1.55. The summed E-state index contributed by atoms with van der Waals surface area (Å²) in [5.74, 6) is 0.594. The summed E-state index contributed by atoms with van der Waals surface area (Å²) >= 11 is 5.83. The van der Waals surface area contributed by atoms with E-state index < -0.39 is 0 Å². The molecule has 0 heterocycles. The Labute approximate surface area is 83.1 Å². The molecule has 2 rings (SSSR count). The van der Waals surface area contributed by atoms with Gasteiger partial charge in [-0.05, 0) is 34.9 Å². The molecule has 0 aliphatic heterocycles. The normalized spacial score (nSPS) is 10.6. The Kier molecular flexibility index (Phi) is 2.24. The van der Waals surface area contributed by atoms with Crippen LogP contribution < -0.4 is 0 Å². The van der Waals surface area contributed by atoms with Crippen molar-refractivity contribution in [1.82, 2.24) is 0 Å². The highest BCUT2D eigenvalue weighted by atomic mass is 35.5. The number of benzene rings is 2. The minimum atomic E-state index is 0.594. The Balaban J connectivity index is 2.74. The van der Waals surface area contributed by atoms with Crippen molar-refractivity contribution in [3.05, 3.63) is 47.5 Å².